The second-order valence-electron chi connectivity index (χ2n) is 31.6. The van der Waals surface area contributed by atoms with Gasteiger partial charge in [-0.2, -0.15) is 0 Å². The van der Waals surface area contributed by atoms with Crippen molar-refractivity contribution in [2.45, 2.75) is 489 Å². The second kappa shape index (κ2) is 79.7. The lowest BCUT2D eigenvalue weighted by atomic mass is 10.0. The molecule has 0 aromatic carbocycles. The normalized spacial score (nSPS) is 12.5. The van der Waals surface area contributed by atoms with Crippen molar-refractivity contribution < 1.29 is 42.9 Å². The molecule has 0 saturated heterocycles. The number of likely N-dealkylation sites (N-methyl/N-ethyl adjacent to an activating group) is 1. The summed E-state index contributed by atoms with van der Waals surface area (Å²) in [5, 5.41) is 9.79. The molecule has 0 aromatic rings. The van der Waals surface area contributed by atoms with Gasteiger partial charge in [0.15, 0.2) is 6.10 Å². The van der Waals surface area contributed by atoms with Crippen LogP contribution >= 0.6 is 0 Å². The number of carboxylic acid groups (broad SMARTS) is 1. The van der Waals surface area contributed by atoms with E-state index in [0.29, 0.717) is 17.4 Å². The minimum Gasteiger partial charge on any atom is -0.477 e. The van der Waals surface area contributed by atoms with Crippen LogP contribution < -0.4 is 0 Å². The molecule has 576 valence electrons. The molecular weight excluding hydrogens is 1200 g/mol. The maximum Gasteiger partial charge on any atom is 0.361 e. The summed E-state index contributed by atoms with van der Waals surface area (Å²) in [5.74, 6) is -1.96. The van der Waals surface area contributed by atoms with E-state index in [1.54, 1.807) is 0 Å². The molecule has 97 heavy (non-hydrogen) atoms. The number of unbranched alkanes of at least 4 members (excludes halogenated alkanes) is 67. The number of esters is 2. The molecule has 0 spiro atoms. The lowest BCUT2D eigenvalue weighted by molar-refractivity contribution is -0.870. The van der Waals surface area contributed by atoms with E-state index in [9.17, 15) is 19.5 Å². The molecule has 0 aliphatic heterocycles. The van der Waals surface area contributed by atoms with Gasteiger partial charge in [0.1, 0.15) is 13.2 Å². The Labute approximate surface area is 606 Å². The zero-order valence-corrected chi connectivity index (χ0v) is 66.3. The Hall–Kier alpha value is -1.97. The Morgan fingerprint density at radius 1 is 0.299 bits per heavy atom. The molecule has 0 aliphatic carbocycles. The first kappa shape index (κ1) is 95.0. The molecule has 0 heterocycles. The van der Waals surface area contributed by atoms with Gasteiger partial charge in [0.25, 0.3) is 6.29 Å². The molecule has 0 radical (unpaired) electrons. The summed E-state index contributed by atoms with van der Waals surface area (Å²) in [5.41, 5.74) is 0. The number of hydrogen-bond acceptors (Lipinski definition) is 7. The quantitative estimate of drug-likeness (QED) is 0.0211. The highest BCUT2D eigenvalue weighted by atomic mass is 16.7. The van der Waals surface area contributed by atoms with Gasteiger partial charge in [-0.3, -0.25) is 9.59 Å². The van der Waals surface area contributed by atoms with Crippen molar-refractivity contribution >= 4 is 17.9 Å². The molecule has 2 unspecified atom stereocenters. The maximum absolute atomic E-state index is 13.0. The summed E-state index contributed by atoms with van der Waals surface area (Å²) in [7, 11) is 6.01. The maximum atomic E-state index is 13.0. The predicted octanol–water partition coefficient (Wildman–Crippen LogP) is 28.3. The van der Waals surface area contributed by atoms with Gasteiger partial charge >= 0.3 is 17.9 Å². The first-order valence-electron chi connectivity index (χ1n) is 43.9. The topological polar surface area (TPSA) is 108 Å². The van der Waals surface area contributed by atoms with E-state index in [1.165, 1.54) is 411 Å². The van der Waals surface area contributed by atoms with E-state index in [1.807, 2.05) is 21.1 Å². The van der Waals surface area contributed by atoms with Crippen LogP contribution in [0, 0.1) is 0 Å². The largest absolute Gasteiger partial charge is 0.477 e. The molecule has 2 atom stereocenters. The fraction of sp³-hybridized carbons (Fsp3) is 0.943. The summed E-state index contributed by atoms with van der Waals surface area (Å²) >= 11 is 0. The van der Waals surface area contributed by atoms with E-state index in [-0.39, 0.29) is 38.2 Å². The Morgan fingerprint density at radius 3 is 0.763 bits per heavy atom. The highest BCUT2D eigenvalue weighted by Crippen LogP contribution is 2.21. The molecular formula is C88H172NO8+. The van der Waals surface area contributed by atoms with Crippen LogP contribution in [0.25, 0.3) is 0 Å². The van der Waals surface area contributed by atoms with Crippen LogP contribution in [0.1, 0.15) is 476 Å². The summed E-state index contributed by atoms with van der Waals surface area (Å²) in [4.78, 5) is 37.8. The third-order valence-corrected chi connectivity index (χ3v) is 20.5. The van der Waals surface area contributed by atoms with Gasteiger partial charge in [0.2, 0.25) is 0 Å². The van der Waals surface area contributed by atoms with Crippen LogP contribution in [0.15, 0.2) is 12.2 Å². The van der Waals surface area contributed by atoms with Gasteiger partial charge in [-0.25, -0.2) is 4.79 Å². The predicted molar refractivity (Wildman–Crippen MR) is 420 cm³/mol. The number of rotatable bonds is 84. The fourth-order valence-electron chi connectivity index (χ4n) is 13.8. The highest BCUT2D eigenvalue weighted by molar-refractivity contribution is 5.71. The number of ether oxygens (including phenoxy) is 4. The van der Waals surface area contributed by atoms with Gasteiger partial charge < -0.3 is 28.5 Å². The average molecular weight is 1370 g/mol. The van der Waals surface area contributed by atoms with Gasteiger partial charge in [-0.15, -0.1) is 0 Å². The van der Waals surface area contributed by atoms with Crippen molar-refractivity contribution in [1.82, 2.24) is 0 Å². The third-order valence-electron chi connectivity index (χ3n) is 20.5. The Kier molecular flexibility index (Phi) is 78.1. The van der Waals surface area contributed by atoms with Crippen LogP contribution in [-0.2, 0) is 33.3 Å². The number of nitrogens with zero attached hydrogens (tertiary/aromatic N) is 1. The molecule has 1 N–H and O–H groups in total. The number of hydrogen-bond donors (Lipinski definition) is 1. The third kappa shape index (κ3) is 81.2. The number of quaternary nitrogens is 1. The minimum absolute atomic E-state index is 0.172. The van der Waals surface area contributed by atoms with Crippen LogP contribution in [0.5, 0.6) is 0 Å². The Morgan fingerprint density at radius 2 is 0.526 bits per heavy atom. The molecule has 0 aliphatic rings. The second-order valence-corrected chi connectivity index (χ2v) is 31.6. The minimum atomic E-state index is -1.51. The fourth-order valence-corrected chi connectivity index (χ4v) is 13.8. The number of carboxylic acids is 1. The van der Waals surface area contributed by atoms with Crippen molar-refractivity contribution in [2.24, 2.45) is 0 Å². The van der Waals surface area contributed by atoms with Crippen molar-refractivity contribution in [1.29, 1.82) is 0 Å². The van der Waals surface area contributed by atoms with Crippen molar-refractivity contribution in [3.8, 4) is 0 Å². The number of allylic oxidation sites excluding steroid dienone is 2. The van der Waals surface area contributed by atoms with E-state index in [0.717, 1.165) is 38.5 Å². The molecule has 0 rings (SSSR count). The number of aliphatic carboxylic acids is 1. The lowest BCUT2D eigenvalue weighted by Gasteiger charge is -2.25. The molecule has 0 fully saturated rings. The zero-order valence-electron chi connectivity index (χ0n) is 66.3. The molecule has 0 aromatic heterocycles. The first-order valence-corrected chi connectivity index (χ1v) is 43.9. The van der Waals surface area contributed by atoms with Crippen LogP contribution in [-0.4, -0.2) is 87.4 Å². The Balaban J connectivity index is 3.89. The van der Waals surface area contributed by atoms with Crippen LogP contribution in [0.2, 0.25) is 0 Å². The lowest BCUT2D eigenvalue weighted by Crippen LogP contribution is -2.40. The summed E-state index contributed by atoms with van der Waals surface area (Å²) < 4.78 is 23.1. The van der Waals surface area contributed by atoms with Crippen LogP contribution in [0.3, 0.4) is 0 Å². The SMILES string of the molecule is CCCCCCCCCC/C=C\CCCCCCCCCCCCCCCCCCCCCCCCCCCCCC(=O)OC(COC(=O)CCCCCCCCCCCCCCCCCCCCCCCCCCCCCCCCCCC)COC(OCC[N+](C)(C)C)C(=O)O. The standard InChI is InChI=1S/C88H171NO8/c1-6-8-10-12-14-16-18-20-22-24-26-28-30-32-34-36-38-40-41-42-43-44-45-47-49-51-53-55-57-59-61-63-65-67-69-71-73-75-77-79-86(91)97-84(83-96-88(87(92)93)94-81-80-89(3,4)5)82-95-85(90)78-76-74-72-70-68-66-64-62-60-58-56-54-52-50-48-46-39-37-35-33-31-29-27-25-23-21-19-17-15-13-11-9-7-2/h24,26,84,88H,6-23,25,27-83H2,1-5H3/p+1/b26-24-. The van der Waals surface area contributed by atoms with Gasteiger partial charge in [-0.1, -0.05) is 437 Å². The van der Waals surface area contributed by atoms with Crippen molar-refractivity contribution in [3.63, 3.8) is 0 Å². The van der Waals surface area contributed by atoms with Gasteiger partial charge in [0, 0.05) is 12.8 Å². The molecule has 0 saturated carbocycles. The summed E-state index contributed by atoms with van der Waals surface area (Å²) in [6.07, 6.45) is 98.5. The smallest absolute Gasteiger partial charge is 0.361 e. The molecule has 0 amide bonds. The van der Waals surface area contributed by atoms with Crippen molar-refractivity contribution in [3.05, 3.63) is 12.2 Å². The van der Waals surface area contributed by atoms with E-state index in [2.05, 4.69) is 26.0 Å². The summed E-state index contributed by atoms with van der Waals surface area (Å²) in [6.45, 7) is 4.98. The van der Waals surface area contributed by atoms with E-state index in [4.69, 9.17) is 18.9 Å². The molecule has 0 bridgehead atoms. The van der Waals surface area contributed by atoms with Gasteiger partial charge in [0.05, 0.1) is 34.4 Å². The van der Waals surface area contributed by atoms with E-state index >= 15 is 0 Å². The number of carbonyl (C=O) groups excluding carboxylic acids is 2. The first-order chi connectivity index (χ1) is 47.6. The highest BCUT2D eigenvalue weighted by Gasteiger charge is 2.25. The summed E-state index contributed by atoms with van der Waals surface area (Å²) in [6, 6.07) is 0. The van der Waals surface area contributed by atoms with Gasteiger partial charge in [-0.05, 0) is 38.5 Å². The number of carbonyl (C=O) groups is 3. The zero-order chi connectivity index (χ0) is 70.4. The van der Waals surface area contributed by atoms with Crippen LogP contribution in [0.4, 0.5) is 0 Å². The average Bonchev–Trinajstić information content (AvgIpc) is 2.39. The van der Waals surface area contributed by atoms with E-state index < -0.39 is 18.4 Å². The molecule has 9 heteroatoms. The van der Waals surface area contributed by atoms with Crippen molar-refractivity contribution in [2.75, 3.05) is 47.5 Å². The molecule has 9 nitrogen and oxygen atoms in total. The Bertz CT molecular complexity index is 1600. The monoisotopic (exact) mass is 1370 g/mol.